The molecule has 2 heterocycles. The van der Waals surface area contributed by atoms with Crippen LogP contribution in [0.25, 0.3) is 0 Å². The van der Waals surface area contributed by atoms with Crippen molar-refractivity contribution in [3.63, 3.8) is 0 Å². The van der Waals surface area contributed by atoms with Crippen LogP contribution in [0, 0.1) is 10.8 Å². The molecule has 2 aliphatic heterocycles. The highest BCUT2D eigenvalue weighted by molar-refractivity contribution is 5.70. The number of rotatable bonds is 8. The van der Waals surface area contributed by atoms with Gasteiger partial charge in [0.2, 0.25) is 0 Å². The summed E-state index contributed by atoms with van der Waals surface area (Å²) in [5, 5.41) is 11.2. The molecular weight excluding hydrogens is 444 g/mol. The molecule has 9 nitrogen and oxygen atoms in total. The molecule has 2 bridgehead atoms. The van der Waals surface area contributed by atoms with Crippen molar-refractivity contribution in [2.24, 2.45) is 10.8 Å². The maximum atomic E-state index is 12.6. The number of hydrogen-bond donors (Lipinski definition) is 1. The second-order valence-corrected chi connectivity index (χ2v) is 10.4. The molecule has 4 aliphatic rings. The minimum absolute atomic E-state index is 0.0561. The Morgan fingerprint density at radius 2 is 1.88 bits per heavy atom. The summed E-state index contributed by atoms with van der Waals surface area (Å²) in [5.41, 5.74) is -1.98. The van der Waals surface area contributed by atoms with Gasteiger partial charge in [-0.15, -0.1) is 0 Å². The number of aliphatic hydroxyl groups is 1. The Hall–Kier alpha value is -1.97. The molecule has 190 valence electrons. The van der Waals surface area contributed by atoms with Crippen molar-refractivity contribution in [3.05, 3.63) is 11.6 Å². The van der Waals surface area contributed by atoms with E-state index in [1.54, 1.807) is 0 Å². The van der Waals surface area contributed by atoms with Crippen LogP contribution < -0.4 is 0 Å². The monoisotopic (exact) mass is 480 g/mol. The van der Waals surface area contributed by atoms with Gasteiger partial charge in [0.15, 0.2) is 0 Å². The summed E-state index contributed by atoms with van der Waals surface area (Å²) in [4.78, 5) is 36.6. The molecule has 0 unspecified atom stereocenters. The molecule has 2 aliphatic carbocycles. The minimum atomic E-state index is -1.11. The number of unbranched alkanes of at least 4 members (excludes halogenated alkanes) is 2. The number of carbonyl (C=O) groups excluding carboxylic acids is 3. The Labute approximate surface area is 200 Å². The smallest absolute Gasteiger partial charge is 0.306 e. The number of fused-ring (bicyclic) bond motifs is 2. The van der Waals surface area contributed by atoms with Crippen molar-refractivity contribution in [1.29, 1.82) is 0 Å². The summed E-state index contributed by atoms with van der Waals surface area (Å²) in [5.74, 6) is -1.28. The third kappa shape index (κ3) is 3.67. The fraction of sp³-hybridized carbons (Fsp3) is 0.800. The van der Waals surface area contributed by atoms with Crippen molar-refractivity contribution in [1.82, 2.24) is 0 Å². The maximum absolute atomic E-state index is 12.6. The van der Waals surface area contributed by atoms with Gasteiger partial charge in [-0.2, -0.15) is 0 Å². The lowest BCUT2D eigenvalue weighted by Crippen LogP contribution is -2.68. The molecule has 0 aromatic rings. The van der Waals surface area contributed by atoms with Crippen molar-refractivity contribution >= 4 is 17.9 Å². The van der Waals surface area contributed by atoms with Gasteiger partial charge >= 0.3 is 17.9 Å². The van der Waals surface area contributed by atoms with Crippen LogP contribution in [0.4, 0.5) is 0 Å². The van der Waals surface area contributed by atoms with Gasteiger partial charge < -0.3 is 28.8 Å². The first-order chi connectivity index (χ1) is 16.0. The highest BCUT2D eigenvalue weighted by Crippen LogP contribution is 2.72. The SMILES string of the molecule is CCCCCC(=O)O[C@H]1C[C@@]2(COC(C)=O)[C@@H](C=C1C)O[C@@H]1[C@H](O)[C@@H](OC(C)=O)[C@@]2(C)[C@@]12CO2. The van der Waals surface area contributed by atoms with Gasteiger partial charge in [-0.25, -0.2) is 0 Å². The molecule has 8 atom stereocenters. The Bertz CT molecular complexity index is 878. The standard InChI is InChI=1S/C25H36O9/c1-6-7-8-9-19(28)33-17-11-24(12-30-15(3)26)18(10-14(17)2)34-22-20(29)21(32-16(4)27)23(24,5)25(22)13-31-25/h10,17-18,20-22,29H,6-9,11-13H2,1-5H3/t17-,18+,20+,21+,22+,23+,24+,25+/m0/s1. The predicted molar refractivity (Wildman–Crippen MR) is 118 cm³/mol. The molecule has 34 heavy (non-hydrogen) atoms. The van der Waals surface area contributed by atoms with E-state index >= 15 is 0 Å². The average Bonchev–Trinajstić information content (AvgIpc) is 3.54. The molecule has 0 aromatic carbocycles. The summed E-state index contributed by atoms with van der Waals surface area (Å²) in [7, 11) is 0. The number of esters is 3. The van der Waals surface area contributed by atoms with Gasteiger partial charge in [0, 0.05) is 26.7 Å². The zero-order valence-corrected chi connectivity index (χ0v) is 20.6. The van der Waals surface area contributed by atoms with Gasteiger partial charge in [-0.1, -0.05) is 32.8 Å². The van der Waals surface area contributed by atoms with Gasteiger partial charge in [0.1, 0.15) is 36.6 Å². The predicted octanol–water partition coefficient (Wildman–Crippen LogP) is 2.23. The topological polar surface area (TPSA) is 121 Å². The first kappa shape index (κ1) is 25.1. The number of hydrogen-bond acceptors (Lipinski definition) is 9. The number of carbonyl (C=O) groups is 3. The molecule has 0 aromatic heterocycles. The van der Waals surface area contributed by atoms with Gasteiger partial charge in [-0.3, -0.25) is 14.4 Å². The zero-order chi connectivity index (χ0) is 24.9. The van der Waals surface area contributed by atoms with E-state index < -0.39 is 58.9 Å². The molecular formula is C25H36O9. The molecule has 1 spiro atoms. The van der Waals surface area contributed by atoms with Crippen molar-refractivity contribution in [2.75, 3.05) is 13.2 Å². The average molecular weight is 481 g/mol. The van der Waals surface area contributed by atoms with E-state index in [0.717, 1.165) is 24.8 Å². The van der Waals surface area contributed by atoms with Gasteiger partial charge in [-0.05, 0) is 18.9 Å². The highest BCUT2D eigenvalue weighted by Gasteiger charge is 2.86. The van der Waals surface area contributed by atoms with E-state index in [4.69, 9.17) is 23.7 Å². The Balaban J connectivity index is 1.74. The zero-order valence-electron chi connectivity index (χ0n) is 20.6. The first-order valence-electron chi connectivity index (χ1n) is 12.2. The summed E-state index contributed by atoms with van der Waals surface area (Å²) < 4.78 is 29.5. The lowest BCUT2D eigenvalue weighted by molar-refractivity contribution is -0.241. The van der Waals surface area contributed by atoms with Crippen molar-refractivity contribution in [2.45, 2.75) is 103 Å². The second kappa shape index (κ2) is 8.91. The van der Waals surface area contributed by atoms with Crippen molar-refractivity contribution < 1.29 is 43.2 Å². The van der Waals surface area contributed by atoms with Crippen LogP contribution in [0.2, 0.25) is 0 Å². The van der Waals surface area contributed by atoms with Crippen LogP contribution in [0.5, 0.6) is 0 Å². The molecule has 1 saturated carbocycles. The molecule has 1 N–H and O–H groups in total. The third-order valence-electron chi connectivity index (χ3n) is 8.41. The molecule has 2 saturated heterocycles. The van der Waals surface area contributed by atoms with E-state index in [2.05, 4.69) is 6.92 Å². The summed E-state index contributed by atoms with van der Waals surface area (Å²) in [6.45, 7) is 8.74. The Morgan fingerprint density at radius 3 is 2.47 bits per heavy atom. The molecule has 3 fully saturated rings. The van der Waals surface area contributed by atoms with Crippen LogP contribution in [0.1, 0.15) is 66.7 Å². The van der Waals surface area contributed by atoms with Crippen LogP contribution >= 0.6 is 0 Å². The van der Waals surface area contributed by atoms with Crippen LogP contribution in [-0.4, -0.2) is 72.3 Å². The third-order valence-corrected chi connectivity index (χ3v) is 8.41. The minimum Gasteiger partial charge on any atom is -0.465 e. The highest BCUT2D eigenvalue weighted by atomic mass is 16.7. The van der Waals surface area contributed by atoms with E-state index in [-0.39, 0.29) is 19.0 Å². The number of aliphatic hydroxyl groups excluding tert-OH is 1. The van der Waals surface area contributed by atoms with Crippen molar-refractivity contribution in [3.8, 4) is 0 Å². The second-order valence-electron chi connectivity index (χ2n) is 10.4. The quantitative estimate of drug-likeness (QED) is 0.183. The molecule has 4 rings (SSSR count). The Kier molecular flexibility index (Phi) is 6.59. The van der Waals surface area contributed by atoms with Gasteiger partial charge in [0.25, 0.3) is 0 Å². The number of epoxide rings is 1. The molecule has 9 heteroatoms. The first-order valence-corrected chi connectivity index (χ1v) is 12.2. The van der Waals surface area contributed by atoms with Gasteiger partial charge in [0.05, 0.1) is 23.5 Å². The summed E-state index contributed by atoms with van der Waals surface area (Å²) in [6.07, 6.45) is 1.34. The normalized spacial score (nSPS) is 41.9. The molecule has 0 radical (unpaired) electrons. The number of ether oxygens (including phenoxy) is 5. The summed E-state index contributed by atoms with van der Waals surface area (Å²) >= 11 is 0. The van der Waals surface area contributed by atoms with Crippen LogP contribution in [0.3, 0.4) is 0 Å². The van der Waals surface area contributed by atoms with E-state index in [1.807, 2.05) is 19.9 Å². The maximum Gasteiger partial charge on any atom is 0.306 e. The Morgan fingerprint density at radius 1 is 1.18 bits per heavy atom. The van der Waals surface area contributed by atoms with E-state index in [1.165, 1.54) is 13.8 Å². The molecule has 0 amide bonds. The lowest BCUT2D eigenvalue weighted by atomic mass is 9.51. The lowest BCUT2D eigenvalue weighted by Gasteiger charge is -2.58. The van der Waals surface area contributed by atoms with E-state index in [9.17, 15) is 19.5 Å². The van der Waals surface area contributed by atoms with Crippen LogP contribution in [-0.2, 0) is 38.1 Å². The van der Waals surface area contributed by atoms with E-state index in [0.29, 0.717) is 13.0 Å². The largest absolute Gasteiger partial charge is 0.465 e. The fourth-order valence-electron chi connectivity index (χ4n) is 6.46. The summed E-state index contributed by atoms with van der Waals surface area (Å²) in [6, 6.07) is 0. The van der Waals surface area contributed by atoms with Crippen LogP contribution in [0.15, 0.2) is 11.6 Å². The fourth-order valence-corrected chi connectivity index (χ4v) is 6.46.